The second-order valence-corrected chi connectivity index (χ2v) is 8.89. The summed E-state index contributed by atoms with van der Waals surface area (Å²) in [5, 5.41) is 6.98. The number of allylic oxidation sites excluding steroid dienone is 1. The summed E-state index contributed by atoms with van der Waals surface area (Å²) in [4.78, 5) is 38.6. The molecule has 2 rings (SSSR count). The standard InChI is InChI=1S/C20H31N3O2.C5H6N2OS.C2H6/c1-7-15(4)12-16(5)21-17-10-11-19(23(9-3)14-24)18(13-17)20(25)22(6)8-2;1-3-5(4(2)8)9-7-6-3;1-2/h10-11,13-15,21H,5,7-9,12H2,1-4,6H3;1-2H3;1-2H3. The summed E-state index contributed by atoms with van der Waals surface area (Å²) in [5.74, 6) is 0.494. The number of aryl methyl sites for hydroxylation is 1. The van der Waals surface area contributed by atoms with E-state index in [1.54, 1.807) is 24.9 Å². The first-order valence-electron chi connectivity index (χ1n) is 12.4. The first-order valence-corrected chi connectivity index (χ1v) is 13.2. The predicted octanol–water partition coefficient (Wildman–Crippen LogP) is 6.20. The lowest BCUT2D eigenvalue weighted by Crippen LogP contribution is -2.30. The molecular weight excluding hydrogens is 474 g/mol. The van der Waals surface area contributed by atoms with Crippen molar-refractivity contribution >= 4 is 41.0 Å². The molecule has 0 radical (unpaired) electrons. The van der Waals surface area contributed by atoms with Crippen LogP contribution in [0.5, 0.6) is 0 Å². The number of hydrogen-bond donors (Lipinski definition) is 1. The molecule has 0 spiro atoms. The zero-order valence-electron chi connectivity index (χ0n) is 23.3. The fourth-order valence-corrected chi connectivity index (χ4v) is 3.61. The minimum absolute atomic E-state index is 0.0440. The summed E-state index contributed by atoms with van der Waals surface area (Å²) in [6.07, 6.45) is 2.73. The van der Waals surface area contributed by atoms with Gasteiger partial charge in [-0.3, -0.25) is 14.4 Å². The van der Waals surface area contributed by atoms with Crippen LogP contribution in [0.1, 0.15) is 87.0 Å². The maximum absolute atomic E-state index is 12.7. The van der Waals surface area contributed by atoms with Gasteiger partial charge in [-0.2, -0.15) is 0 Å². The lowest BCUT2D eigenvalue weighted by Gasteiger charge is -2.23. The fourth-order valence-electron chi connectivity index (χ4n) is 3.06. The van der Waals surface area contributed by atoms with Crippen molar-refractivity contribution in [1.82, 2.24) is 14.5 Å². The maximum Gasteiger partial charge on any atom is 0.255 e. The van der Waals surface area contributed by atoms with Crippen molar-refractivity contribution in [2.24, 2.45) is 5.92 Å². The van der Waals surface area contributed by atoms with Crippen LogP contribution in [0.3, 0.4) is 0 Å². The summed E-state index contributed by atoms with van der Waals surface area (Å²) in [6, 6.07) is 5.50. The van der Waals surface area contributed by atoms with Crippen molar-refractivity contribution in [1.29, 1.82) is 0 Å². The predicted molar refractivity (Wildman–Crippen MR) is 151 cm³/mol. The van der Waals surface area contributed by atoms with Gasteiger partial charge in [-0.1, -0.05) is 45.2 Å². The molecule has 2 amide bonds. The Morgan fingerprint density at radius 1 is 1.19 bits per heavy atom. The van der Waals surface area contributed by atoms with Crippen LogP contribution in [-0.4, -0.2) is 52.7 Å². The van der Waals surface area contributed by atoms with E-state index < -0.39 is 0 Å². The normalized spacial score (nSPS) is 10.6. The van der Waals surface area contributed by atoms with E-state index in [1.807, 2.05) is 39.8 Å². The second kappa shape index (κ2) is 17.4. The van der Waals surface area contributed by atoms with E-state index in [0.717, 1.165) is 47.9 Å². The Morgan fingerprint density at radius 2 is 1.83 bits per heavy atom. The number of benzene rings is 1. The Labute approximate surface area is 220 Å². The Hall–Kier alpha value is -3.07. The van der Waals surface area contributed by atoms with Gasteiger partial charge in [-0.05, 0) is 62.8 Å². The Morgan fingerprint density at radius 3 is 2.25 bits per heavy atom. The van der Waals surface area contributed by atoms with Crippen LogP contribution in [0.4, 0.5) is 11.4 Å². The molecule has 1 heterocycles. The molecule has 0 aliphatic carbocycles. The number of anilines is 2. The van der Waals surface area contributed by atoms with Gasteiger partial charge in [0.2, 0.25) is 6.41 Å². The van der Waals surface area contributed by atoms with E-state index in [9.17, 15) is 14.4 Å². The summed E-state index contributed by atoms with van der Waals surface area (Å²) < 4.78 is 3.61. The monoisotopic (exact) mass is 517 g/mol. The van der Waals surface area contributed by atoms with Crippen LogP contribution < -0.4 is 10.2 Å². The van der Waals surface area contributed by atoms with Gasteiger partial charge in [-0.15, -0.1) is 5.10 Å². The van der Waals surface area contributed by atoms with Gasteiger partial charge in [-0.25, -0.2) is 0 Å². The number of rotatable bonds is 11. The topological polar surface area (TPSA) is 95.5 Å². The zero-order chi connectivity index (χ0) is 27.8. The number of aromatic nitrogens is 2. The van der Waals surface area contributed by atoms with Gasteiger partial charge in [0.05, 0.1) is 16.9 Å². The molecule has 0 fully saturated rings. The summed E-state index contributed by atoms with van der Waals surface area (Å²) in [5.41, 5.74) is 3.60. The van der Waals surface area contributed by atoms with E-state index in [-0.39, 0.29) is 11.7 Å². The number of carbonyl (C=O) groups is 3. The van der Waals surface area contributed by atoms with Crippen LogP contribution >= 0.6 is 11.5 Å². The number of hydrogen-bond acceptors (Lipinski definition) is 7. The number of ketones is 1. The highest BCUT2D eigenvalue weighted by Gasteiger charge is 2.19. The van der Waals surface area contributed by atoms with E-state index in [4.69, 9.17) is 0 Å². The lowest BCUT2D eigenvalue weighted by molar-refractivity contribution is -0.107. The van der Waals surface area contributed by atoms with Crippen LogP contribution in [-0.2, 0) is 4.79 Å². The number of carbonyl (C=O) groups excluding carboxylic acids is 3. The molecule has 1 N–H and O–H groups in total. The molecule has 0 saturated carbocycles. The molecule has 1 aromatic carbocycles. The third-order valence-corrected chi connectivity index (χ3v) is 6.34. The largest absolute Gasteiger partial charge is 0.359 e. The number of nitrogens with zero attached hydrogens (tertiary/aromatic N) is 4. The first-order chi connectivity index (χ1) is 17.1. The lowest BCUT2D eigenvalue weighted by atomic mass is 10.0. The minimum atomic E-state index is -0.103. The Kier molecular flexibility index (Phi) is 15.9. The Balaban J connectivity index is 0.000000922. The quantitative estimate of drug-likeness (QED) is 0.282. The van der Waals surface area contributed by atoms with Gasteiger partial charge < -0.3 is 15.1 Å². The number of Topliss-reactive ketones (excluding diaryl/α,β-unsaturated/α-hetero) is 1. The SMILES string of the molecule is C=C(CC(C)CC)Nc1ccc(N(C=O)CC)c(C(=O)N(C)CC)c1.CC.CC(=O)c1snnc1C. The van der Waals surface area contributed by atoms with Crippen LogP contribution in [0.2, 0.25) is 0 Å². The molecule has 1 unspecified atom stereocenters. The average Bonchev–Trinajstić information content (AvgIpc) is 3.32. The molecule has 1 atom stereocenters. The molecule has 1 aromatic heterocycles. The van der Waals surface area contributed by atoms with Crippen molar-refractivity contribution in [2.75, 3.05) is 30.4 Å². The molecule has 0 bridgehead atoms. The highest BCUT2D eigenvalue weighted by Crippen LogP contribution is 2.26. The van der Waals surface area contributed by atoms with E-state index in [1.165, 1.54) is 11.8 Å². The average molecular weight is 518 g/mol. The van der Waals surface area contributed by atoms with Crippen molar-refractivity contribution < 1.29 is 14.4 Å². The van der Waals surface area contributed by atoms with Gasteiger partial charge in [0.1, 0.15) is 4.88 Å². The van der Waals surface area contributed by atoms with Crippen LogP contribution in [0.25, 0.3) is 0 Å². The molecule has 9 heteroatoms. The minimum Gasteiger partial charge on any atom is -0.359 e. The molecule has 0 aliphatic heterocycles. The Bertz CT molecular complexity index is 990. The van der Waals surface area contributed by atoms with E-state index in [2.05, 4.69) is 35.3 Å². The highest BCUT2D eigenvalue weighted by molar-refractivity contribution is 7.08. The molecular formula is C27H43N5O3S. The maximum atomic E-state index is 12.7. The van der Waals surface area contributed by atoms with Crippen molar-refractivity contribution in [3.63, 3.8) is 0 Å². The summed E-state index contributed by atoms with van der Waals surface area (Å²) in [7, 11) is 1.76. The van der Waals surface area contributed by atoms with Crippen molar-refractivity contribution in [2.45, 2.75) is 68.2 Å². The van der Waals surface area contributed by atoms with E-state index >= 15 is 0 Å². The van der Waals surface area contributed by atoms with Gasteiger partial charge in [0.25, 0.3) is 5.91 Å². The van der Waals surface area contributed by atoms with Gasteiger partial charge >= 0.3 is 0 Å². The van der Waals surface area contributed by atoms with Crippen LogP contribution in [0.15, 0.2) is 30.5 Å². The third kappa shape index (κ3) is 10.3. The van der Waals surface area contributed by atoms with Crippen LogP contribution in [0, 0.1) is 12.8 Å². The van der Waals surface area contributed by atoms with Crippen molar-refractivity contribution in [3.8, 4) is 0 Å². The van der Waals surface area contributed by atoms with Gasteiger partial charge in [0, 0.05) is 38.4 Å². The number of nitrogens with one attached hydrogen (secondary N) is 1. The smallest absolute Gasteiger partial charge is 0.255 e. The molecule has 0 aliphatic rings. The first kappa shape index (κ1) is 32.9. The van der Waals surface area contributed by atoms with Gasteiger partial charge in [0.15, 0.2) is 5.78 Å². The second-order valence-electron chi connectivity index (χ2n) is 8.13. The molecule has 0 saturated heterocycles. The summed E-state index contributed by atoms with van der Waals surface area (Å²) in [6.45, 7) is 20.6. The highest BCUT2D eigenvalue weighted by atomic mass is 32.1. The third-order valence-electron chi connectivity index (χ3n) is 5.41. The summed E-state index contributed by atoms with van der Waals surface area (Å²) >= 11 is 1.15. The zero-order valence-corrected chi connectivity index (χ0v) is 24.2. The number of amides is 2. The fraction of sp³-hybridized carbons (Fsp3) is 0.519. The molecule has 200 valence electrons. The van der Waals surface area contributed by atoms with E-state index in [0.29, 0.717) is 35.1 Å². The molecule has 8 nitrogen and oxygen atoms in total. The molecule has 2 aromatic rings. The molecule has 36 heavy (non-hydrogen) atoms. The van der Waals surface area contributed by atoms with Crippen molar-refractivity contribution in [3.05, 3.63) is 46.6 Å².